The molecule has 0 heterocycles. The van der Waals surface area contributed by atoms with Crippen LogP contribution in [0.4, 0.5) is 4.39 Å². The normalized spacial score (nSPS) is 11.4. The zero-order valence-electron chi connectivity index (χ0n) is 11.6. The van der Waals surface area contributed by atoms with Gasteiger partial charge in [0.2, 0.25) is 0 Å². The largest absolute Gasteiger partial charge is 0.496 e. The molecule has 1 aromatic carbocycles. The van der Waals surface area contributed by atoms with Gasteiger partial charge in [-0.1, -0.05) is 6.07 Å². The van der Waals surface area contributed by atoms with E-state index >= 15 is 0 Å². The summed E-state index contributed by atoms with van der Waals surface area (Å²) in [5, 5.41) is 9.10. The summed E-state index contributed by atoms with van der Waals surface area (Å²) in [7, 11) is 2.92. The number of carbonyl (C=O) groups is 1. The van der Waals surface area contributed by atoms with Crippen LogP contribution >= 0.6 is 0 Å². The van der Waals surface area contributed by atoms with Gasteiger partial charge in [-0.15, -0.1) is 0 Å². The number of rotatable bonds is 6. The molecule has 0 aliphatic rings. The van der Waals surface area contributed by atoms with Crippen LogP contribution in [0.1, 0.15) is 25.0 Å². The molecule has 0 atom stereocenters. The molecule has 19 heavy (non-hydrogen) atoms. The molecule has 0 aliphatic carbocycles. The van der Waals surface area contributed by atoms with Crippen molar-refractivity contribution in [3.63, 3.8) is 0 Å². The fraction of sp³-hybridized carbons (Fsp3) is 0.500. The van der Waals surface area contributed by atoms with E-state index in [0.717, 1.165) is 0 Å². The maximum absolute atomic E-state index is 14.3. The molecule has 1 N–H and O–H groups in total. The number of carboxylic acids is 1. The van der Waals surface area contributed by atoms with Crippen molar-refractivity contribution in [2.75, 3.05) is 14.2 Å². The Bertz CT molecular complexity index is 469. The molecule has 5 heteroatoms. The van der Waals surface area contributed by atoms with E-state index in [1.54, 1.807) is 26.0 Å². The van der Waals surface area contributed by atoms with E-state index in [9.17, 15) is 9.18 Å². The number of hydrogen-bond donors (Lipinski definition) is 1. The van der Waals surface area contributed by atoms with Gasteiger partial charge in [-0.2, -0.15) is 0 Å². The lowest BCUT2D eigenvalue weighted by Crippen LogP contribution is -2.26. The third-order valence-corrected chi connectivity index (χ3v) is 3.00. The van der Waals surface area contributed by atoms with Crippen LogP contribution in [-0.4, -0.2) is 25.3 Å². The smallest absolute Gasteiger partial charge is 0.309 e. The van der Waals surface area contributed by atoms with E-state index in [1.165, 1.54) is 14.2 Å². The van der Waals surface area contributed by atoms with Crippen molar-refractivity contribution in [1.82, 2.24) is 0 Å². The van der Waals surface area contributed by atoms with Gasteiger partial charge in [0.1, 0.15) is 11.6 Å². The molecule has 106 valence electrons. The predicted octanol–water partition coefficient (Wildman–Crippen LogP) is 2.63. The van der Waals surface area contributed by atoms with Gasteiger partial charge in [-0.25, -0.2) is 4.39 Å². The molecule has 0 saturated carbocycles. The highest BCUT2D eigenvalue weighted by Crippen LogP contribution is 2.30. The molecule has 4 nitrogen and oxygen atoms in total. The Morgan fingerprint density at radius 2 is 2.00 bits per heavy atom. The summed E-state index contributed by atoms with van der Waals surface area (Å²) in [5.41, 5.74) is -0.372. The first-order chi connectivity index (χ1) is 8.83. The fourth-order valence-electron chi connectivity index (χ4n) is 1.81. The van der Waals surface area contributed by atoms with Crippen molar-refractivity contribution in [2.45, 2.75) is 26.9 Å². The quantitative estimate of drug-likeness (QED) is 0.863. The van der Waals surface area contributed by atoms with Crippen LogP contribution in [0, 0.1) is 11.2 Å². The van der Waals surface area contributed by atoms with E-state index in [2.05, 4.69) is 0 Å². The first-order valence-electron chi connectivity index (χ1n) is 5.90. The van der Waals surface area contributed by atoms with Crippen molar-refractivity contribution in [3.8, 4) is 5.75 Å². The van der Waals surface area contributed by atoms with Crippen molar-refractivity contribution < 1.29 is 23.8 Å². The summed E-state index contributed by atoms with van der Waals surface area (Å²) in [6.07, 6.45) is 0.106. The maximum Gasteiger partial charge on any atom is 0.309 e. The monoisotopic (exact) mass is 270 g/mol. The Hall–Kier alpha value is -1.62. The van der Waals surface area contributed by atoms with Crippen molar-refractivity contribution in [2.24, 2.45) is 5.41 Å². The van der Waals surface area contributed by atoms with Crippen molar-refractivity contribution in [1.29, 1.82) is 0 Å². The summed E-state index contributed by atoms with van der Waals surface area (Å²) in [6.45, 7) is 3.21. The van der Waals surface area contributed by atoms with Crippen molar-refractivity contribution >= 4 is 5.97 Å². The number of hydrogen-bond acceptors (Lipinski definition) is 3. The number of benzene rings is 1. The molecule has 0 unspecified atom stereocenters. The van der Waals surface area contributed by atoms with Crippen LogP contribution in [0.5, 0.6) is 5.75 Å². The van der Waals surface area contributed by atoms with Gasteiger partial charge in [0.15, 0.2) is 0 Å². The summed E-state index contributed by atoms with van der Waals surface area (Å²) >= 11 is 0. The Kier molecular flexibility index (Phi) is 4.89. The Labute approximate surface area is 112 Å². The Balaban J connectivity index is 3.17. The second-order valence-electron chi connectivity index (χ2n) is 5.02. The minimum absolute atomic E-state index is 0.0797. The topological polar surface area (TPSA) is 55.8 Å². The van der Waals surface area contributed by atoms with E-state index in [-0.39, 0.29) is 13.0 Å². The number of halogens is 1. The second-order valence-corrected chi connectivity index (χ2v) is 5.02. The van der Waals surface area contributed by atoms with Gasteiger partial charge >= 0.3 is 5.97 Å². The zero-order chi connectivity index (χ0) is 14.6. The van der Waals surface area contributed by atoms with E-state index in [4.69, 9.17) is 14.6 Å². The third-order valence-electron chi connectivity index (χ3n) is 3.00. The predicted molar refractivity (Wildman–Crippen MR) is 68.8 cm³/mol. The molecule has 1 rings (SSSR count). The molecule has 0 saturated heterocycles. The number of carboxylic acid groups (broad SMARTS) is 1. The molecular weight excluding hydrogens is 251 g/mol. The lowest BCUT2D eigenvalue weighted by atomic mass is 9.85. The minimum atomic E-state index is -1.03. The highest BCUT2D eigenvalue weighted by atomic mass is 19.1. The Morgan fingerprint density at radius 3 is 2.47 bits per heavy atom. The molecule has 0 bridgehead atoms. The van der Waals surface area contributed by atoms with Gasteiger partial charge in [-0.3, -0.25) is 4.79 Å². The highest BCUT2D eigenvalue weighted by Gasteiger charge is 2.29. The van der Waals surface area contributed by atoms with E-state index in [1.807, 2.05) is 0 Å². The average Bonchev–Trinajstić information content (AvgIpc) is 2.34. The lowest BCUT2D eigenvalue weighted by Gasteiger charge is -2.20. The first-order valence-corrected chi connectivity index (χ1v) is 5.90. The minimum Gasteiger partial charge on any atom is -0.496 e. The lowest BCUT2D eigenvalue weighted by molar-refractivity contribution is -0.146. The molecular formula is C14H19FO4. The summed E-state index contributed by atoms with van der Waals surface area (Å²) in [4.78, 5) is 11.1. The zero-order valence-corrected chi connectivity index (χ0v) is 11.6. The third kappa shape index (κ3) is 3.44. The number of methoxy groups -OCH3 is 2. The highest BCUT2D eigenvalue weighted by molar-refractivity contribution is 5.74. The van der Waals surface area contributed by atoms with Crippen LogP contribution in [0.3, 0.4) is 0 Å². The van der Waals surface area contributed by atoms with Crippen molar-refractivity contribution in [3.05, 3.63) is 29.1 Å². The first kappa shape index (κ1) is 15.4. The fourth-order valence-corrected chi connectivity index (χ4v) is 1.81. The van der Waals surface area contributed by atoms with E-state index < -0.39 is 17.2 Å². The van der Waals surface area contributed by atoms with Gasteiger partial charge in [0, 0.05) is 7.11 Å². The molecule has 0 fully saturated rings. The van der Waals surface area contributed by atoms with Gasteiger partial charge in [0.05, 0.1) is 24.7 Å². The van der Waals surface area contributed by atoms with Crippen LogP contribution < -0.4 is 4.74 Å². The van der Waals surface area contributed by atoms with E-state index in [0.29, 0.717) is 16.9 Å². The van der Waals surface area contributed by atoms with Gasteiger partial charge in [0.25, 0.3) is 0 Å². The van der Waals surface area contributed by atoms with Crippen LogP contribution in [-0.2, 0) is 22.6 Å². The number of aliphatic carboxylic acids is 1. The molecule has 1 aromatic rings. The van der Waals surface area contributed by atoms with Gasteiger partial charge in [-0.05, 0) is 31.9 Å². The van der Waals surface area contributed by atoms with Crippen LogP contribution in [0.15, 0.2) is 12.1 Å². The molecule has 0 spiro atoms. The SMILES string of the molecule is COCc1c(OC)ccc(CC(C)(C)C(=O)O)c1F. The average molecular weight is 270 g/mol. The summed E-state index contributed by atoms with van der Waals surface area (Å²) in [6, 6.07) is 3.18. The molecule has 0 aromatic heterocycles. The van der Waals surface area contributed by atoms with Crippen LogP contribution in [0.25, 0.3) is 0 Å². The summed E-state index contributed by atoms with van der Waals surface area (Å²) in [5.74, 6) is -1.03. The Morgan fingerprint density at radius 1 is 1.37 bits per heavy atom. The molecule has 0 aliphatic heterocycles. The standard InChI is InChI=1S/C14H19FO4/c1-14(2,13(16)17)7-9-5-6-11(19-4)10(8-18-3)12(9)15/h5-6H,7-8H2,1-4H3,(H,16,17). The number of ether oxygens (including phenoxy) is 2. The second kappa shape index (κ2) is 6.02. The summed E-state index contributed by atoms with van der Waals surface area (Å²) < 4.78 is 24.4. The molecule has 0 amide bonds. The van der Waals surface area contributed by atoms with Gasteiger partial charge < -0.3 is 14.6 Å². The van der Waals surface area contributed by atoms with Crippen LogP contribution in [0.2, 0.25) is 0 Å². The molecule has 0 radical (unpaired) electrons. The maximum atomic E-state index is 14.3.